The molecule has 27 heavy (non-hydrogen) atoms. The number of hydrogen-bond acceptors (Lipinski definition) is 4. The number of amides is 1. The van der Waals surface area contributed by atoms with Crippen LogP contribution in [0.25, 0.3) is 0 Å². The lowest BCUT2D eigenvalue weighted by atomic mass is 9.95. The van der Waals surface area contributed by atoms with E-state index >= 15 is 0 Å². The molecule has 2 aromatic rings. The van der Waals surface area contributed by atoms with Crippen molar-refractivity contribution in [3.05, 3.63) is 51.1 Å². The van der Waals surface area contributed by atoms with E-state index in [1.54, 1.807) is 18.2 Å². The van der Waals surface area contributed by atoms with E-state index in [0.717, 1.165) is 36.9 Å². The normalized spacial score (nSPS) is 14.1. The summed E-state index contributed by atoms with van der Waals surface area (Å²) in [5.74, 6) is -0.185. The minimum Gasteiger partial charge on any atom is -0.324 e. The monoisotopic (exact) mass is 419 g/mol. The summed E-state index contributed by atoms with van der Waals surface area (Å²) < 4.78 is 0. The van der Waals surface area contributed by atoms with Crippen molar-refractivity contribution < 1.29 is 4.79 Å². The van der Waals surface area contributed by atoms with Crippen LogP contribution < -0.4 is 5.32 Å². The van der Waals surface area contributed by atoms with Crippen LogP contribution in [0, 0.1) is 11.3 Å². The molecular weight excluding hydrogens is 401 g/mol. The maximum absolute atomic E-state index is 12.8. The molecule has 1 unspecified atom stereocenters. The average Bonchev–Trinajstić information content (AvgIpc) is 2.68. The number of halogens is 2. The zero-order chi connectivity index (χ0) is 19.4. The van der Waals surface area contributed by atoms with Crippen LogP contribution in [0.4, 0.5) is 5.69 Å². The first kappa shape index (κ1) is 20.0. The Morgan fingerprint density at radius 1 is 1.37 bits per heavy atom. The molecule has 1 aromatic heterocycles. The average molecular weight is 420 g/mol. The summed E-state index contributed by atoms with van der Waals surface area (Å²) in [4.78, 5) is 17.5. The van der Waals surface area contributed by atoms with Crippen molar-refractivity contribution in [3.8, 4) is 6.07 Å². The molecule has 3 rings (SSSR count). The summed E-state index contributed by atoms with van der Waals surface area (Å²) in [6.07, 6.45) is 4.73. The third-order valence-electron chi connectivity index (χ3n) is 4.51. The van der Waals surface area contributed by atoms with Crippen LogP contribution >= 0.6 is 35.0 Å². The number of aromatic nitrogens is 1. The van der Waals surface area contributed by atoms with Gasteiger partial charge in [0.15, 0.2) is 0 Å². The summed E-state index contributed by atoms with van der Waals surface area (Å²) >= 11 is 13.5. The van der Waals surface area contributed by atoms with Crippen molar-refractivity contribution in [2.45, 2.75) is 49.3 Å². The second kappa shape index (κ2) is 8.97. The molecule has 1 aromatic carbocycles. The number of carbonyl (C=O) groups excluding carboxylic acids is 1. The summed E-state index contributed by atoms with van der Waals surface area (Å²) in [5.41, 5.74) is 3.22. The number of nitrogens with one attached hydrogen (secondary N) is 1. The number of rotatable bonds is 5. The van der Waals surface area contributed by atoms with Gasteiger partial charge >= 0.3 is 0 Å². The molecule has 1 atom stereocenters. The molecule has 0 aliphatic heterocycles. The van der Waals surface area contributed by atoms with Gasteiger partial charge in [0.05, 0.1) is 26.5 Å². The molecule has 0 saturated heterocycles. The van der Waals surface area contributed by atoms with Gasteiger partial charge in [0.1, 0.15) is 11.1 Å². The van der Waals surface area contributed by atoms with Gasteiger partial charge in [-0.25, -0.2) is 4.98 Å². The molecule has 0 spiro atoms. The highest BCUT2D eigenvalue weighted by atomic mass is 35.5. The Labute approximate surface area is 173 Å². The number of anilines is 1. The van der Waals surface area contributed by atoms with Crippen molar-refractivity contribution in [1.29, 1.82) is 5.26 Å². The predicted octanol–water partition coefficient (Wildman–Crippen LogP) is 5.65. The first-order valence-electron chi connectivity index (χ1n) is 8.88. The highest BCUT2D eigenvalue weighted by molar-refractivity contribution is 8.00. The number of nitriles is 1. The van der Waals surface area contributed by atoms with Crippen LogP contribution in [0.1, 0.15) is 43.0 Å². The van der Waals surface area contributed by atoms with Crippen LogP contribution in [0.3, 0.4) is 0 Å². The summed E-state index contributed by atoms with van der Waals surface area (Å²) in [6, 6.07) is 9.27. The smallest absolute Gasteiger partial charge is 0.237 e. The lowest BCUT2D eigenvalue weighted by Gasteiger charge is -2.19. The van der Waals surface area contributed by atoms with Gasteiger partial charge in [0.2, 0.25) is 5.91 Å². The van der Waals surface area contributed by atoms with Crippen LogP contribution in [-0.2, 0) is 17.6 Å². The van der Waals surface area contributed by atoms with E-state index < -0.39 is 0 Å². The zero-order valence-corrected chi connectivity index (χ0v) is 17.2. The summed E-state index contributed by atoms with van der Waals surface area (Å²) in [5, 5.41) is 13.3. The molecule has 140 valence electrons. The van der Waals surface area contributed by atoms with E-state index in [1.165, 1.54) is 11.8 Å². The van der Waals surface area contributed by atoms with Crippen molar-refractivity contribution in [2.75, 3.05) is 5.32 Å². The number of benzene rings is 1. The van der Waals surface area contributed by atoms with Gasteiger partial charge in [-0.05, 0) is 55.9 Å². The molecule has 0 saturated carbocycles. The Balaban J connectivity index is 1.81. The fourth-order valence-electron chi connectivity index (χ4n) is 3.06. The molecule has 1 amide bonds. The highest BCUT2D eigenvalue weighted by Gasteiger charge is 2.23. The molecule has 0 fully saturated rings. The maximum atomic E-state index is 12.8. The van der Waals surface area contributed by atoms with E-state index in [9.17, 15) is 10.1 Å². The van der Waals surface area contributed by atoms with Crippen molar-refractivity contribution in [1.82, 2.24) is 4.98 Å². The van der Waals surface area contributed by atoms with Gasteiger partial charge in [0, 0.05) is 5.69 Å². The van der Waals surface area contributed by atoms with Gasteiger partial charge in [-0.1, -0.05) is 48.0 Å². The molecule has 1 aliphatic rings. The minimum absolute atomic E-state index is 0.185. The topological polar surface area (TPSA) is 65.8 Å². The Morgan fingerprint density at radius 3 is 2.89 bits per heavy atom. The largest absolute Gasteiger partial charge is 0.324 e. The third kappa shape index (κ3) is 4.57. The van der Waals surface area contributed by atoms with Gasteiger partial charge < -0.3 is 5.32 Å². The van der Waals surface area contributed by atoms with Gasteiger partial charge in [-0.2, -0.15) is 5.26 Å². The van der Waals surface area contributed by atoms with Gasteiger partial charge in [-0.3, -0.25) is 4.79 Å². The van der Waals surface area contributed by atoms with E-state index in [1.807, 2.05) is 13.0 Å². The molecule has 1 heterocycles. The lowest BCUT2D eigenvalue weighted by Crippen LogP contribution is -2.25. The van der Waals surface area contributed by atoms with E-state index in [4.69, 9.17) is 28.2 Å². The molecule has 1 aliphatic carbocycles. The SMILES string of the molecule is CCC(Sc1nc2c(cc1C#N)CCCC2)C(=O)Nc1cccc(Cl)c1Cl. The maximum Gasteiger partial charge on any atom is 0.237 e. The number of hydrogen-bond donors (Lipinski definition) is 1. The number of nitrogens with zero attached hydrogens (tertiary/aromatic N) is 2. The van der Waals surface area contributed by atoms with Crippen LogP contribution in [0.15, 0.2) is 29.3 Å². The second-order valence-electron chi connectivity index (χ2n) is 6.37. The van der Waals surface area contributed by atoms with Gasteiger partial charge in [-0.15, -0.1) is 0 Å². The minimum atomic E-state index is -0.388. The number of aryl methyl sites for hydroxylation is 2. The quantitative estimate of drug-likeness (QED) is 0.635. The second-order valence-corrected chi connectivity index (χ2v) is 8.35. The Morgan fingerprint density at radius 2 is 2.15 bits per heavy atom. The Hall–Kier alpha value is -1.74. The van der Waals surface area contributed by atoms with Crippen molar-refractivity contribution >= 4 is 46.6 Å². The van der Waals surface area contributed by atoms with E-state index in [-0.39, 0.29) is 11.2 Å². The number of fused-ring (bicyclic) bond motifs is 1. The molecule has 0 radical (unpaired) electrons. The van der Waals surface area contributed by atoms with Crippen molar-refractivity contribution in [3.63, 3.8) is 0 Å². The third-order valence-corrected chi connectivity index (χ3v) is 6.70. The van der Waals surface area contributed by atoms with E-state index in [0.29, 0.717) is 32.7 Å². The molecule has 0 bridgehead atoms. The van der Waals surface area contributed by atoms with Crippen molar-refractivity contribution in [2.24, 2.45) is 0 Å². The van der Waals surface area contributed by atoms with E-state index in [2.05, 4.69) is 11.4 Å². The Bertz CT molecular complexity index is 911. The number of thioether (sulfide) groups is 1. The molecule has 1 N–H and O–H groups in total. The zero-order valence-electron chi connectivity index (χ0n) is 14.9. The fourth-order valence-corrected chi connectivity index (χ4v) is 4.40. The highest BCUT2D eigenvalue weighted by Crippen LogP contribution is 2.33. The van der Waals surface area contributed by atoms with Crippen LogP contribution in [0.5, 0.6) is 0 Å². The molecule has 4 nitrogen and oxygen atoms in total. The molecule has 7 heteroatoms. The molecular formula is C20H19Cl2N3OS. The lowest BCUT2D eigenvalue weighted by molar-refractivity contribution is -0.115. The summed E-state index contributed by atoms with van der Waals surface area (Å²) in [7, 11) is 0. The number of carbonyl (C=O) groups is 1. The number of pyridine rings is 1. The standard InChI is InChI=1S/C20H19Cl2N3OS/c1-2-17(19(26)24-16-9-5-7-14(21)18(16)22)27-20-13(11-23)10-12-6-3-4-8-15(12)25-20/h5,7,9-10,17H,2-4,6,8H2,1H3,(H,24,26). The van der Waals surface area contributed by atoms with Gasteiger partial charge in [0.25, 0.3) is 0 Å². The predicted molar refractivity (Wildman–Crippen MR) is 111 cm³/mol. The van der Waals surface area contributed by atoms with Crippen LogP contribution in [0.2, 0.25) is 10.0 Å². The summed E-state index contributed by atoms with van der Waals surface area (Å²) in [6.45, 7) is 1.93. The first-order valence-corrected chi connectivity index (χ1v) is 10.5. The fraction of sp³-hybridized carbons (Fsp3) is 0.350. The first-order chi connectivity index (χ1) is 13.0. The van der Waals surface area contributed by atoms with Crippen LogP contribution in [-0.4, -0.2) is 16.1 Å². The Kier molecular flexibility index (Phi) is 6.64.